The van der Waals surface area contributed by atoms with Gasteiger partial charge in [-0.3, -0.25) is 10.1 Å². The van der Waals surface area contributed by atoms with Gasteiger partial charge < -0.3 is 9.66 Å². The van der Waals surface area contributed by atoms with Gasteiger partial charge in [-0.15, -0.1) is 4.72 Å². The molecule has 0 amide bonds. The van der Waals surface area contributed by atoms with E-state index >= 15 is 0 Å². The number of nitro benzene ring substituents is 1. The first-order valence-electron chi connectivity index (χ1n) is 6.89. The van der Waals surface area contributed by atoms with Crippen LogP contribution in [0, 0.1) is 10.1 Å². The third-order valence-electron chi connectivity index (χ3n) is 3.48. The summed E-state index contributed by atoms with van der Waals surface area (Å²) in [6.45, 7) is 4.16. The fourth-order valence-electron chi connectivity index (χ4n) is 1.83. The van der Waals surface area contributed by atoms with Crippen molar-refractivity contribution in [2.24, 2.45) is 0 Å². The van der Waals surface area contributed by atoms with Gasteiger partial charge >= 0.3 is 0 Å². The van der Waals surface area contributed by atoms with Crippen molar-refractivity contribution in [2.75, 3.05) is 6.61 Å². The molecule has 1 aromatic carbocycles. The Kier molecular flexibility index (Phi) is 6.21. The van der Waals surface area contributed by atoms with Crippen LogP contribution >= 0.6 is 11.6 Å². The van der Waals surface area contributed by atoms with Crippen LogP contribution < -0.4 is 4.72 Å². The maximum Gasteiger partial charge on any atom is 0.296 e. The lowest BCUT2D eigenvalue weighted by molar-refractivity contribution is -0.385. The number of benzene rings is 1. The molecule has 1 unspecified atom stereocenters. The number of nitrogens with one attached hydrogen (secondary N) is 1. The second-order valence-electron chi connectivity index (χ2n) is 6.39. The summed E-state index contributed by atoms with van der Waals surface area (Å²) < 4.78 is 42.7. The molecule has 2 atom stereocenters. The van der Waals surface area contributed by atoms with Gasteiger partial charge in [-0.25, -0.2) is 8.78 Å². The predicted octanol–water partition coefficient (Wildman–Crippen LogP) is 3.14. The van der Waals surface area contributed by atoms with Crippen LogP contribution in [0.5, 0.6) is 0 Å². The SMILES string of the molecule is CC(C)(C)[S+]([O-])N[C@](C)(c1cc([N+](=O)[O-])ccc1Cl)C(F)(F)CO. The van der Waals surface area contributed by atoms with Crippen molar-refractivity contribution in [3.63, 3.8) is 0 Å². The van der Waals surface area contributed by atoms with E-state index in [1.54, 1.807) is 20.8 Å². The smallest absolute Gasteiger partial charge is 0.296 e. The highest BCUT2D eigenvalue weighted by molar-refractivity contribution is 7.90. The van der Waals surface area contributed by atoms with Gasteiger partial charge in [-0.2, -0.15) is 0 Å². The van der Waals surface area contributed by atoms with Crippen LogP contribution in [-0.4, -0.2) is 31.9 Å². The highest BCUT2D eigenvalue weighted by atomic mass is 35.5. The number of nitro groups is 1. The van der Waals surface area contributed by atoms with Crippen LogP contribution in [0.3, 0.4) is 0 Å². The zero-order valence-electron chi connectivity index (χ0n) is 13.6. The number of rotatable bonds is 6. The summed E-state index contributed by atoms with van der Waals surface area (Å²) in [6.07, 6.45) is 0. The van der Waals surface area contributed by atoms with Gasteiger partial charge in [0, 0.05) is 34.1 Å². The average molecular weight is 385 g/mol. The number of aliphatic hydroxyl groups excluding tert-OH is 1. The molecule has 0 saturated heterocycles. The van der Waals surface area contributed by atoms with E-state index in [0.717, 1.165) is 25.1 Å². The Hall–Kier alpha value is -1.00. The van der Waals surface area contributed by atoms with Gasteiger partial charge in [0.1, 0.15) is 11.4 Å². The Labute approximate surface area is 146 Å². The van der Waals surface area contributed by atoms with Gasteiger partial charge in [-0.05, 0) is 33.8 Å². The third kappa shape index (κ3) is 4.15. The van der Waals surface area contributed by atoms with E-state index in [1.807, 2.05) is 0 Å². The zero-order chi connectivity index (χ0) is 18.9. The molecule has 0 aromatic heterocycles. The molecular formula is C14H19ClF2N2O4S. The summed E-state index contributed by atoms with van der Waals surface area (Å²) in [4.78, 5) is 10.2. The summed E-state index contributed by atoms with van der Waals surface area (Å²) >= 11 is 4.02. The van der Waals surface area contributed by atoms with E-state index in [9.17, 15) is 23.4 Å². The van der Waals surface area contributed by atoms with Gasteiger partial charge in [0.25, 0.3) is 11.6 Å². The topological polar surface area (TPSA) is 98.5 Å². The first kappa shape index (κ1) is 21.0. The first-order valence-corrected chi connectivity index (χ1v) is 8.42. The summed E-state index contributed by atoms with van der Waals surface area (Å²) in [7, 11) is 0. The number of halogens is 3. The molecule has 2 N–H and O–H groups in total. The molecule has 0 saturated carbocycles. The molecule has 0 aliphatic rings. The Bertz CT molecular complexity index is 627. The first-order chi connectivity index (χ1) is 10.8. The zero-order valence-corrected chi connectivity index (χ0v) is 15.2. The third-order valence-corrected chi connectivity index (χ3v) is 5.52. The second-order valence-corrected chi connectivity index (χ2v) is 8.77. The molecule has 24 heavy (non-hydrogen) atoms. The fourth-order valence-corrected chi connectivity index (χ4v) is 3.08. The quantitative estimate of drug-likeness (QED) is 0.446. The van der Waals surface area contributed by atoms with Crippen molar-refractivity contribution < 1.29 is 23.4 Å². The van der Waals surface area contributed by atoms with E-state index < -0.39 is 44.8 Å². The van der Waals surface area contributed by atoms with Gasteiger partial charge in [0.05, 0.1) is 4.92 Å². The van der Waals surface area contributed by atoms with Gasteiger partial charge in [0.15, 0.2) is 5.54 Å². The van der Waals surface area contributed by atoms with E-state index in [4.69, 9.17) is 16.7 Å². The van der Waals surface area contributed by atoms with Crippen molar-refractivity contribution in [3.8, 4) is 0 Å². The fraction of sp³-hybridized carbons (Fsp3) is 0.571. The predicted molar refractivity (Wildman–Crippen MR) is 88.5 cm³/mol. The number of nitrogens with zero attached hydrogens (tertiary/aromatic N) is 1. The van der Waals surface area contributed by atoms with Crippen LogP contribution in [0.2, 0.25) is 5.02 Å². The van der Waals surface area contributed by atoms with Gasteiger partial charge in [0.2, 0.25) is 0 Å². The molecule has 0 heterocycles. The number of hydrogen-bond donors (Lipinski definition) is 2. The Morgan fingerprint density at radius 1 is 1.33 bits per heavy atom. The minimum atomic E-state index is -3.78. The Morgan fingerprint density at radius 2 is 1.88 bits per heavy atom. The number of non-ortho nitro benzene ring substituents is 1. The summed E-state index contributed by atoms with van der Waals surface area (Å²) in [6, 6.07) is 3.07. The molecule has 10 heteroatoms. The lowest BCUT2D eigenvalue weighted by Gasteiger charge is -2.39. The van der Waals surface area contributed by atoms with E-state index in [0.29, 0.717) is 0 Å². The molecule has 0 aliphatic heterocycles. The van der Waals surface area contributed by atoms with Crippen molar-refractivity contribution in [2.45, 2.75) is 43.9 Å². The number of alkyl halides is 2. The molecule has 0 spiro atoms. The Balaban J connectivity index is 3.55. The van der Waals surface area contributed by atoms with E-state index in [-0.39, 0.29) is 10.6 Å². The maximum atomic E-state index is 14.5. The standard InChI is InChI=1S/C14H19ClF2N2O4S/c1-12(2,3)24(23)18-13(4,14(16,17)8-20)10-7-9(19(21)22)5-6-11(10)15/h5-7,18,20H,8H2,1-4H3/t13-,24?/m1/s1. The van der Waals surface area contributed by atoms with Crippen LogP contribution in [0.4, 0.5) is 14.5 Å². The van der Waals surface area contributed by atoms with Gasteiger partial charge in [-0.1, -0.05) is 11.6 Å². The second kappa shape index (κ2) is 7.09. The molecule has 0 fully saturated rings. The van der Waals surface area contributed by atoms with E-state index in [1.165, 1.54) is 0 Å². The highest BCUT2D eigenvalue weighted by Gasteiger charge is 2.56. The summed E-state index contributed by atoms with van der Waals surface area (Å²) in [5.41, 5.74) is -3.16. The lowest BCUT2D eigenvalue weighted by atomic mass is 9.86. The molecule has 1 aromatic rings. The van der Waals surface area contributed by atoms with Crippen LogP contribution in [0.1, 0.15) is 33.3 Å². The van der Waals surface area contributed by atoms with Crippen LogP contribution in [0.15, 0.2) is 18.2 Å². The molecule has 0 bridgehead atoms. The van der Waals surface area contributed by atoms with Crippen molar-refractivity contribution in [3.05, 3.63) is 38.9 Å². The molecular weight excluding hydrogens is 366 g/mol. The number of aliphatic hydroxyl groups is 1. The van der Waals surface area contributed by atoms with Crippen LogP contribution in [-0.2, 0) is 16.9 Å². The molecule has 1 rings (SSSR count). The molecule has 0 radical (unpaired) electrons. The lowest BCUT2D eigenvalue weighted by Crippen LogP contribution is -2.60. The molecule has 0 aliphatic carbocycles. The van der Waals surface area contributed by atoms with Crippen LogP contribution in [0.25, 0.3) is 0 Å². The van der Waals surface area contributed by atoms with E-state index in [2.05, 4.69) is 4.72 Å². The Morgan fingerprint density at radius 3 is 2.29 bits per heavy atom. The summed E-state index contributed by atoms with van der Waals surface area (Å²) in [5.74, 6) is -3.78. The monoisotopic (exact) mass is 384 g/mol. The highest BCUT2D eigenvalue weighted by Crippen LogP contribution is 2.43. The molecule has 6 nitrogen and oxygen atoms in total. The largest absolute Gasteiger partial charge is 0.598 e. The maximum absolute atomic E-state index is 14.5. The summed E-state index contributed by atoms with van der Waals surface area (Å²) in [5, 5.41) is 19.9. The average Bonchev–Trinajstić information content (AvgIpc) is 2.45. The van der Waals surface area contributed by atoms with Crippen molar-refractivity contribution in [1.82, 2.24) is 4.72 Å². The number of hydrogen-bond acceptors (Lipinski definition) is 5. The minimum Gasteiger partial charge on any atom is -0.598 e. The minimum absolute atomic E-state index is 0.172. The van der Waals surface area contributed by atoms with Crippen molar-refractivity contribution >= 4 is 28.7 Å². The normalized spacial score (nSPS) is 16.5. The molecule has 136 valence electrons. The van der Waals surface area contributed by atoms with Crippen molar-refractivity contribution in [1.29, 1.82) is 0 Å².